The number of hydrogen-bond acceptors (Lipinski definition) is 6. The lowest BCUT2D eigenvalue weighted by atomic mass is 9.81. The third-order valence-electron chi connectivity index (χ3n) is 5.03. The first-order chi connectivity index (χ1) is 12.8. The van der Waals surface area contributed by atoms with Crippen LogP contribution in [0.5, 0.6) is 0 Å². The lowest BCUT2D eigenvalue weighted by molar-refractivity contribution is -0.143. The average Bonchev–Trinajstić information content (AvgIpc) is 2.72. The van der Waals surface area contributed by atoms with Gasteiger partial charge in [-0.1, -0.05) is 19.3 Å². The third-order valence-corrected chi connectivity index (χ3v) is 5.03. The van der Waals surface area contributed by atoms with Crippen LogP contribution < -0.4 is 0 Å². The van der Waals surface area contributed by atoms with E-state index in [1.54, 1.807) is 7.05 Å². The van der Waals surface area contributed by atoms with Gasteiger partial charge in [0.25, 0.3) is 5.91 Å². The lowest BCUT2D eigenvalue weighted by Gasteiger charge is -2.39. The van der Waals surface area contributed by atoms with E-state index >= 15 is 0 Å². The van der Waals surface area contributed by atoms with Crippen LogP contribution in [0.15, 0.2) is 24.3 Å². The van der Waals surface area contributed by atoms with Crippen LogP contribution in [0.1, 0.15) is 59.7 Å². The topological polar surface area (TPSA) is 96.7 Å². The summed E-state index contributed by atoms with van der Waals surface area (Å²) in [6.07, 6.45) is 3.08. The second kappa shape index (κ2) is 8.67. The molecule has 1 fully saturated rings. The number of rotatable bonds is 5. The number of carbonyl (C=O) groups is 3. The molecule has 0 aromatic heterocycles. The van der Waals surface area contributed by atoms with Gasteiger partial charge in [0, 0.05) is 7.05 Å². The monoisotopic (exact) mass is 372 g/mol. The molecule has 0 spiro atoms. The van der Waals surface area contributed by atoms with Crippen molar-refractivity contribution in [2.24, 2.45) is 0 Å². The van der Waals surface area contributed by atoms with Crippen molar-refractivity contribution < 1.29 is 23.9 Å². The van der Waals surface area contributed by atoms with Gasteiger partial charge in [-0.25, -0.2) is 9.59 Å². The Labute approximate surface area is 158 Å². The zero-order valence-electron chi connectivity index (χ0n) is 15.9. The number of ether oxygens (including phenoxy) is 2. The molecule has 7 nitrogen and oxygen atoms in total. The Balaban J connectivity index is 2.03. The van der Waals surface area contributed by atoms with Gasteiger partial charge >= 0.3 is 11.9 Å². The maximum Gasteiger partial charge on any atom is 0.338 e. The lowest BCUT2D eigenvalue weighted by Crippen LogP contribution is -2.53. The minimum absolute atomic E-state index is 0.220. The molecule has 0 bridgehead atoms. The number of hydrogen-bond donors (Lipinski definition) is 0. The van der Waals surface area contributed by atoms with Gasteiger partial charge in [-0.05, 0) is 44.0 Å². The first-order valence-corrected chi connectivity index (χ1v) is 8.93. The van der Waals surface area contributed by atoms with Gasteiger partial charge in [-0.2, -0.15) is 5.26 Å². The smallest absolute Gasteiger partial charge is 0.338 e. The first-order valence-electron chi connectivity index (χ1n) is 8.93. The molecular weight excluding hydrogens is 348 g/mol. The fraction of sp³-hybridized carbons (Fsp3) is 0.500. The Hall–Kier alpha value is -2.88. The van der Waals surface area contributed by atoms with Gasteiger partial charge in [0.2, 0.25) is 0 Å². The molecule has 1 amide bonds. The maximum absolute atomic E-state index is 12.7. The Morgan fingerprint density at radius 2 is 1.59 bits per heavy atom. The van der Waals surface area contributed by atoms with E-state index in [0.717, 1.165) is 19.3 Å². The molecule has 0 aliphatic heterocycles. The highest BCUT2D eigenvalue weighted by molar-refractivity contribution is 5.94. The van der Waals surface area contributed by atoms with Crippen molar-refractivity contribution in [1.29, 1.82) is 5.26 Å². The van der Waals surface area contributed by atoms with Gasteiger partial charge in [0.05, 0.1) is 24.3 Å². The molecule has 1 aromatic rings. The number of benzene rings is 1. The number of nitrogens with zero attached hydrogens (tertiary/aromatic N) is 2. The van der Waals surface area contributed by atoms with E-state index in [4.69, 9.17) is 4.74 Å². The van der Waals surface area contributed by atoms with Gasteiger partial charge in [0.15, 0.2) is 6.10 Å². The normalized spacial score (nSPS) is 16.5. The van der Waals surface area contributed by atoms with E-state index in [0.29, 0.717) is 18.4 Å². The number of likely N-dealkylation sites (N-methyl/N-ethyl adjacent to an activating group) is 1. The van der Waals surface area contributed by atoms with Crippen LogP contribution in [-0.2, 0) is 14.3 Å². The molecule has 2 rings (SSSR count). The molecule has 0 radical (unpaired) electrons. The number of methoxy groups -OCH3 is 1. The predicted octanol–water partition coefficient (Wildman–Crippen LogP) is 2.70. The second-order valence-corrected chi connectivity index (χ2v) is 6.72. The zero-order valence-corrected chi connectivity index (χ0v) is 15.9. The van der Waals surface area contributed by atoms with Crippen molar-refractivity contribution in [1.82, 2.24) is 4.90 Å². The van der Waals surface area contributed by atoms with E-state index in [1.165, 1.54) is 43.2 Å². The van der Waals surface area contributed by atoms with Crippen LogP contribution in [-0.4, -0.2) is 48.5 Å². The average molecular weight is 372 g/mol. The van der Waals surface area contributed by atoms with Gasteiger partial charge in [0.1, 0.15) is 5.54 Å². The van der Waals surface area contributed by atoms with E-state index < -0.39 is 29.5 Å². The fourth-order valence-corrected chi connectivity index (χ4v) is 3.28. The number of amides is 1. The summed E-state index contributed by atoms with van der Waals surface area (Å²) in [6.45, 7) is 1.49. The molecule has 1 saturated carbocycles. The van der Waals surface area contributed by atoms with Crippen molar-refractivity contribution >= 4 is 17.8 Å². The van der Waals surface area contributed by atoms with Gasteiger partial charge < -0.3 is 14.4 Å². The molecule has 27 heavy (non-hydrogen) atoms. The fourth-order valence-electron chi connectivity index (χ4n) is 3.28. The largest absolute Gasteiger partial charge is 0.465 e. The van der Waals surface area contributed by atoms with Gasteiger partial charge in [-0.3, -0.25) is 4.79 Å². The van der Waals surface area contributed by atoms with Crippen molar-refractivity contribution in [3.05, 3.63) is 35.4 Å². The summed E-state index contributed by atoms with van der Waals surface area (Å²) < 4.78 is 9.88. The summed E-state index contributed by atoms with van der Waals surface area (Å²) >= 11 is 0. The summed E-state index contributed by atoms with van der Waals surface area (Å²) in [6, 6.07) is 8.06. The third kappa shape index (κ3) is 4.45. The van der Waals surface area contributed by atoms with Crippen LogP contribution in [0.2, 0.25) is 0 Å². The molecule has 0 N–H and O–H groups in total. The first kappa shape index (κ1) is 20.4. The highest BCUT2D eigenvalue weighted by Crippen LogP contribution is 2.33. The molecule has 1 aromatic carbocycles. The molecule has 1 aliphatic rings. The highest BCUT2D eigenvalue weighted by Gasteiger charge is 2.40. The SMILES string of the molecule is COC(=O)c1ccc(C(=O)OC(C)C(=O)N(C)C2(C#N)CCCCC2)cc1. The van der Waals surface area contributed by atoms with Crippen molar-refractivity contribution in [3.8, 4) is 6.07 Å². The van der Waals surface area contributed by atoms with Crippen LogP contribution in [0.3, 0.4) is 0 Å². The Morgan fingerprint density at radius 3 is 2.07 bits per heavy atom. The van der Waals surface area contributed by atoms with E-state index in [9.17, 15) is 19.6 Å². The standard InChI is InChI=1S/C20H24N2O5/c1-14(17(23)22(2)20(13-21)11-5-4-6-12-20)27-19(25)16-9-7-15(8-10-16)18(24)26-3/h7-10,14H,4-6,11-12H2,1-3H3. The molecule has 1 unspecified atom stereocenters. The van der Waals surface area contributed by atoms with E-state index in [-0.39, 0.29) is 5.56 Å². The highest BCUT2D eigenvalue weighted by atomic mass is 16.5. The molecule has 1 atom stereocenters. The van der Waals surface area contributed by atoms with E-state index in [2.05, 4.69) is 10.8 Å². The summed E-state index contributed by atoms with van der Waals surface area (Å²) in [5.74, 6) is -1.58. The van der Waals surface area contributed by atoms with Crippen molar-refractivity contribution in [2.45, 2.75) is 50.7 Å². The minimum Gasteiger partial charge on any atom is -0.465 e. The van der Waals surface area contributed by atoms with Crippen LogP contribution in [0.4, 0.5) is 0 Å². The summed E-state index contributed by atoms with van der Waals surface area (Å²) in [5.41, 5.74) is -0.304. The Morgan fingerprint density at radius 1 is 1.07 bits per heavy atom. The van der Waals surface area contributed by atoms with Crippen LogP contribution in [0.25, 0.3) is 0 Å². The van der Waals surface area contributed by atoms with E-state index in [1.807, 2.05) is 0 Å². The molecule has 7 heteroatoms. The number of carbonyl (C=O) groups excluding carboxylic acids is 3. The van der Waals surface area contributed by atoms with Gasteiger partial charge in [-0.15, -0.1) is 0 Å². The van der Waals surface area contributed by atoms with Crippen molar-refractivity contribution in [3.63, 3.8) is 0 Å². The van der Waals surface area contributed by atoms with Crippen LogP contribution in [0, 0.1) is 11.3 Å². The molecule has 1 aliphatic carbocycles. The predicted molar refractivity (Wildman–Crippen MR) is 96.9 cm³/mol. The molecule has 0 saturated heterocycles. The number of esters is 2. The van der Waals surface area contributed by atoms with Crippen LogP contribution >= 0.6 is 0 Å². The van der Waals surface area contributed by atoms with Crippen molar-refractivity contribution in [2.75, 3.05) is 14.2 Å². The molecule has 0 heterocycles. The Bertz CT molecular complexity index is 745. The number of nitriles is 1. The summed E-state index contributed by atoms with van der Waals surface area (Å²) in [5, 5.41) is 9.60. The maximum atomic E-state index is 12.7. The zero-order chi connectivity index (χ0) is 20.0. The molecule has 144 valence electrons. The summed E-state index contributed by atoms with van der Waals surface area (Å²) in [7, 11) is 2.86. The quantitative estimate of drug-likeness (QED) is 0.737. The Kier molecular flexibility index (Phi) is 6.56. The minimum atomic E-state index is -1.02. The molecular formula is C20H24N2O5. The summed E-state index contributed by atoms with van der Waals surface area (Å²) in [4.78, 5) is 37.8. The second-order valence-electron chi connectivity index (χ2n) is 6.72.